The molecule has 0 spiro atoms. The van der Waals surface area contributed by atoms with Crippen LogP contribution in [0.25, 0.3) is 0 Å². The van der Waals surface area contributed by atoms with Crippen molar-refractivity contribution in [2.75, 3.05) is 13.1 Å². The van der Waals surface area contributed by atoms with Gasteiger partial charge in [0.25, 0.3) is 5.91 Å². The Morgan fingerprint density at radius 1 is 1.07 bits per heavy atom. The first-order valence-corrected chi connectivity index (χ1v) is 9.81. The van der Waals surface area contributed by atoms with E-state index in [-0.39, 0.29) is 17.7 Å². The number of hydrogen-bond acceptors (Lipinski definition) is 5. The summed E-state index contributed by atoms with van der Waals surface area (Å²) >= 11 is 0. The smallest absolute Gasteiger partial charge is 0.251 e. The van der Waals surface area contributed by atoms with E-state index in [9.17, 15) is 9.59 Å². The van der Waals surface area contributed by atoms with E-state index in [1.54, 1.807) is 36.4 Å². The normalized spacial score (nSPS) is 25.9. The van der Waals surface area contributed by atoms with Gasteiger partial charge in [0.15, 0.2) is 5.78 Å². The molecule has 1 aromatic carbocycles. The molecule has 0 radical (unpaired) electrons. The van der Waals surface area contributed by atoms with Gasteiger partial charge in [-0.25, -0.2) is 4.98 Å². The highest BCUT2D eigenvalue weighted by atomic mass is 16.5. The van der Waals surface area contributed by atoms with Crippen LogP contribution in [-0.4, -0.2) is 46.7 Å². The van der Waals surface area contributed by atoms with Crippen molar-refractivity contribution in [1.82, 2.24) is 15.2 Å². The number of benzene rings is 1. The molecule has 2 unspecified atom stereocenters. The summed E-state index contributed by atoms with van der Waals surface area (Å²) in [5, 5.41) is 3.24. The topological polar surface area (TPSA) is 71.5 Å². The lowest BCUT2D eigenvalue weighted by atomic mass is 9.79. The summed E-state index contributed by atoms with van der Waals surface area (Å²) in [6.45, 7) is 5.97. The lowest BCUT2D eigenvalue weighted by molar-refractivity contribution is 0.0217. The van der Waals surface area contributed by atoms with Crippen LogP contribution in [0, 0.1) is 5.92 Å². The van der Waals surface area contributed by atoms with Crippen LogP contribution in [0.2, 0.25) is 0 Å². The van der Waals surface area contributed by atoms with Gasteiger partial charge in [0.05, 0.1) is 6.20 Å². The van der Waals surface area contributed by atoms with Gasteiger partial charge in [0.2, 0.25) is 0 Å². The number of pyridine rings is 1. The molecule has 0 aliphatic carbocycles. The van der Waals surface area contributed by atoms with Crippen molar-refractivity contribution in [1.29, 1.82) is 0 Å². The highest BCUT2D eigenvalue weighted by molar-refractivity contribution is 5.94. The summed E-state index contributed by atoms with van der Waals surface area (Å²) in [5.41, 5.74) is 1.03. The van der Waals surface area contributed by atoms with Crippen LogP contribution in [0.4, 0.5) is 0 Å². The second-order valence-electron chi connectivity index (χ2n) is 7.68. The molecule has 3 fully saturated rings. The quantitative estimate of drug-likeness (QED) is 0.807. The highest BCUT2D eigenvalue weighted by Gasteiger charge is 2.40. The molecule has 2 atom stereocenters. The third-order valence-corrected chi connectivity index (χ3v) is 5.92. The average molecular weight is 379 g/mol. The number of ether oxygens (including phenoxy) is 1. The number of aromatic nitrogens is 1. The standard InChI is InChI=1S/C22H25N3O3/c1-14-21(16-9-11-25(14)12-10-16)24-22(27)17-3-5-18(6-4-17)28-19-7-8-20(15(2)26)23-13-19/h3-8,13-14,16,21H,9-12H2,1-2H3,(H,24,27). The van der Waals surface area contributed by atoms with Crippen molar-refractivity contribution >= 4 is 11.7 Å². The first kappa shape index (κ1) is 18.6. The molecule has 0 saturated carbocycles. The number of ketones is 1. The molecular formula is C22H25N3O3. The molecule has 1 aromatic heterocycles. The molecular weight excluding hydrogens is 354 g/mol. The highest BCUT2D eigenvalue weighted by Crippen LogP contribution is 2.32. The zero-order valence-corrected chi connectivity index (χ0v) is 16.2. The van der Waals surface area contributed by atoms with Crippen molar-refractivity contribution in [3.8, 4) is 11.5 Å². The monoisotopic (exact) mass is 379 g/mol. The van der Waals surface area contributed by atoms with Crippen molar-refractivity contribution in [2.45, 2.75) is 38.8 Å². The fourth-order valence-electron chi connectivity index (χ4n) is 4.24. The molecule has 3 aliphatic rings. The van der Waals surface area contributed by atoms with E-state index >= 15 is 0 Å². The Labute approximate surface area is 164 Å². The molecule has 146 valence electrons. The molecule has 4 heterocycles. The van der Waals surface area contributed by atoms with Gasteiger partial charge in [0, 0.05) is 24.6 Å². The number of carbonyl (C=O) groups excluding carboxylic acids is 2. The fraction of sp³-hybridized carbons (Fsp3) is 0.409. The van der Waals surface area contributed by atoms with E-state index in [2.05, 4.69) is 22.1 Å². The maximum Gasteiger partial charge on any atom is 0.251 e. The first-order valence-electron chi connectivity index (χ1n) is 9.81. The number of rotatable bonds is 5. The lowest BCUT2D eigenvalue weighted by Gasteiger charge is -2.49. The van der Waals surface area contributed by atoms with Crippen LogP contribution in [0.3, 0.4) is 0 Å². The molecule has 2 aromatic rings. The van der Waals surface area contributed by atoms with E-state index in [0.29, 0.717) is 34.7 Å². The van der Waals surface area contributed by atoms with Gasteiger partial charge in [-0.15, -0.1) is 0 Å². The molecule has 2 bridgehead atoms. The maximum atomic E-state index is 12.7. The largest absolute Gasteiger partial charge is 0.456 e. The van der Waals surface area contributed by atoms with Crippen LogP contribution in [0.15, 0.2) is 42.6 Å². The molecule has 6 heteroatoms. The number of amides is 1. The second kappa shape index (κ2) is 7.72. The van der Waals surface area contributed by atoms with E-state index in [1.165, 1.54) is 26.0 Å². The number of Topliss-reactive ketones (excluding diaryl/α,β-unsaturated/α-hetero) is 1. The molecule has 28 heavy (non-hydrogen) atoms. The lowest BCUT2D eigenvalue weighted by Crippen LogP contribution is -2.62. The van der Waals surface area contributed by atoms with Gasteiger partial charge in [0.1, 0.15) is 17.2 Å². The zero-order chi connectivity index (χ0) is 19.7. The first-order chi connectivity index (χ1) is 13.5. The Bertz CT molecular complexity index is 854. The summed E-state index contributed by atoms with van der Waals surface area (Å²) in [6.07, 6.45) is 3.85. The third-order valence-electron chi connectivity index (χ3n) is 5.92. The minimum absolute atomic E-state index is 0.0374. The Hall–Kier alpha value is -2.73. The van der Waals surface area contributed by atoms with Gasteiger partial charge >= 0.3 is 0 Å². The van der Waals surface area contributed by atoms with Crippen molar-refractivity contribution in [2.24, 2.45) is 5.92 Å². The number of nitrogens with one attached hydrogen (secondary N) is 1. The van der Waals surface area contributed by atoms with Crippen molar-refractivity contribution < 1.29 is 14.3 Å². The number of carbonyl (C=O) groups is 2. The van der Waals surface area contributed by atoms with Gasteiger partial charge in [-0.3, -0.25) is 14.5 Å². The third kappa shape index (κ3) is 3.78. The minimum Gasteiger partial charge on any atom is -0.456 e. The van der Waals surface area contributed by atoms with Crippen LogP contribution in [0.5, 0.6) is 11.5 Å². The fourth-order valence-corrected chi connectivity index (χ4v) is 4.24. The predicted octanol–water partition coefficient (Wildman–Crippen LogP) is 3.29. The Balaban J connectivity index is 1.38. The van der Waals surface area contributed by atoms with Crippen LogP contribution in [-0.2, 0) is 0 Å². The van der Waals surface area contributed by atoms with Crippen LogP contribution < -0.4 is 10.1 Å². The van der Waals surface area contributed by atoms with Gasteiger partial charge in [-0.2, -0.15) is 0 Å². The average Bonchev–Trinajstić information content (AvgIpc) is 2.72. The van der Waals surface area contributed by atoms with E-state index < -0.39 is 0 Å². The molecule has 1 amide bonds. The summed E-state index contributed by atoms with van der Waals surface area (Å²) in [5.74, 6) is 1.62. The SMILES string of the molecule is CC(=O)c1ccc(Oc2ccc(C(=O)NC3C4CCN(CC4)C3C)cc2)cn1. The van der Waals surface area contributed by atoms with E-state index in [4.69, 9.17) is 4.74 Å². The van der Waals surface area contributed by atoms with Crippen molar-refractivity contribution in [3.63, 3.8) is 0 Å². The molecule has 5 rings (SSSR count). The van der Waals surface area contributed by atoms with E-state index in [0.717, 1.165) is 13.1 Å². The second-order valence-corrected chi connectivity index (χ2v) is 7.68. The van der Waals surface area contributed by atoms with E-state index in [1.807, 2.05) is 0 Å². The summed E-state index contributed by atoms with van der Waals surface area (Å²) in [6, 6.07) is 11.0. The minimum atomic E-state index is -0.0841. The predicted molar refractivity (Wildman–Crippen MR) is 106 cm³/mol. The molecule has 6 nitrogen and oxygen atoms in total. The molecule has 3 aliphatic heterocycles. The zero-order valence-electron chi connectivity index (χ0n) is 16.2. The number of hydrogen-bond donors (Lipinski definition) is 1. The summed E-state index contributed by atoms with van der Waals surface area (Å²) < 4.78 is 5.74. The molecule has 1 N–H and O–H groups in total. The van der Waals surface area contributed by atoms with Crippen LogP contribution in [0.1, 0.15) is 47.5 Å². The van der Waals surface area contributed by atoms with Gasteiger partial charge in [-0.05, 0) is 75.2 Å². The van der Waals surface area contributed by atoms with Crippen molar-refractivity contribution in [3.05, 3.63) is 53.9 Å². The Morgan fingerprint density at radius 3 is 2.32 bits per heavy atom. The van der Waals surface area contributed by atoms with Gasteiger partial charge in [-0.1, -0.05) is 0 Å². The number of piperidine rings is 3. The van der Waals surface area contributed by atoms with Crippen LogP contribution >= 0.6 is 0 Å². The Morgan fingerprint density at radius 2 is 1.75 bits per heavy atom. The Kier molecular flexibility index (Phi) is 5.13. The van der Waals surface area contributed by atoms with Gasteiger partial charge < -0.3 is 10.1 Å². The summed E-state index contributed by atoms with van der Waals surface area (Å²) in [7, 11) is 0. The summed E-state index contributed by atoms with van der Waals surface area (Å²) in [4.78, 5) is 30.5. The maximum absolute atomic E-state index is 12.7. The number of nitrogens with zero attached hydrogens (tertiary/aromatic N) is 2. The molecule has 3 saturated heterocycles. The number of fused-ring (bicyclic) bond motifs is 3.